The fourth-order valence-corrected chi connectivity index (χ4v) is 3.38. The molecule has 0 bridgehead atoms. The third-order valence-corrected chi connectivity index (χ3v) is 4.38. The van der Waals surface area contributed by atoms with Gasteiger partial charge in [-0.3, -0.25) is 0 Å². The van der Waals surface area contributed by atoms with E-state index >= 15 is 0 Å². The van der Waals surface area contributed by atoms with Gasteiger partial charge in [-0.15, -0.1) is 6.58 Å². The van der Waals surface area contributed by atoms with E-state index in [1.807, 2.05) is 13.0 Å². The summed E-state index contributed by atoms with van der Waals surface area (Å²) in [5, 5.41) is 4.22. The van der Waals surface area contributed by atoms with Crippen LogP contribution in [0.3, 0.4) is 0 Å². The number of aryl methyl sites for hydroxylation is 1. The average Bonchev–Trinajstić information content (AvgIpc) is 2.69. The van der Waals surface area contributed by atoms with Gasteiger partial charge in [-0.2, -0.15) is 11.8 Å². The van der Waals surface area contributed by atoms with Crippen molar-refractivity contribution in [3.63, 3.8) is 0 Å². The molecule has 1 aliphatic heterocycles. The van der Waals surface area contributed by atoms with Crippen molar-refractivity contribution in [1.29, 1.82) is 0 Å². The van der Waals surface area contributed by atoms with E-state index in [2.05, 4.69) is 39.4 Å². The number of allylic oxidation sites excluding steroid dienone is 1. The minimum atomic E-state index is 0.748. The van der Waals surface area contributed by atoms with E-state index in [4.69, 9.17) is 0 Å². The number of imidazole rings is 1. The van der Waals surface area contributed by atoms with Crippen LogP contribution in [0.25, 0.3) is 0 Å². The molecular formula is C13H21N3S. The SMILES string of the molecule is C=CCn1cc(C)nc1NCC1CCCCS1. The second kappa shape index (κ2) is 6.15. The first-order valence-electron chi connectivity index (χ1n) is 6.29. The number of hydrogen-bond donors (Lipinski definition) is 1. The van der Waals surface area contributed by atoms with E-state index in [0.717, 1.165) is 30.0 Å². The zero-order valence-electron chi connectivity index (χ0n) is 10.5. The van der Waals surface area contributed by atoms with Gasteiger partial charge in [0, 0.05) is 24.5 Å². The van der Waals surface area contributed by atoms with Crippen molar-refractivity contribution in [3.05, 3.63) is 24.5 Å². The molecule has 1 fully saturated rings. The van der Waals surface area contributed by atoms with Crippen molar-refractivity contribution < 1.29 is 0 Å². The van der Waals surface area contributed by atoms with Crippen molar-refractivity contribution in [2.24, 2.45) is 0 Å². The molecule has 4 heteroatoms. The number of rotatable bonds is 5. The van der Waals surface area contributed by atoms with Gasteiger partial charge in [0.1, 0.15) is 0 Å². The number of aromatic nitrogens is 2. The van der Waals surface area contributed by atoms with Crippen LogP contribution in [-0.2, 0) is 6.54 Å². The summed E-state index contributed by atoms with van der Waals surface area (Å²) < 4.78 is 2.12. The molecule has 1 unspecified atom stereocenters. The van der Waals surface area contributed by atoms with Crippen LogP contribution < -0.4 is 5.32 Å². The van der Waals surface area contributed by atoms with Gasteiger partial charge in [-0.1, -0.05) is 12.5 Å². The zero-order chi connectivity index (χ0) is 12.1. The Hall–Kier alpha value is -0.900. The van der Waals surface area contributed by atoms with Crippen LogP contribution in [0.4, 0.5) is 5.95 Å². The summed E-state index contributed by atoms with van der Waals surface area (Å²) in [5.74, 6) is 2.29. The molecule has 3 nitrogen and oxygen atoms in total. The molecule has 1 N–H and O–H groups in total. The fourth-order valence-electron chi connectivity index (χ4n) is 2.14. The number of hydrogen-bond acceptors (Lipinski definition) is 3. The quantitative estimate of drug-likeness (QED) is 0.816. The van der Waals surface area contributed by atoms with E-state index in [1.165, 1.54) is 25.0 Å². The summed E-state index contributed by atoms with van der Waals surface area (Å²) in [6.45, 7) is 7.65. The van der Waals surface area contributed by atoms with Crippen LogP contribution in [-0.4, -0.2) is 27.1 Å². The molecule has 1 aliphatic rings. The van der Waals surface area contributed by atoms with Crippen molar-refractivity contribution >= 4 is 17.7 Å². The minimum Gasteiger partial charge on any atom is -0.355 e. The summed E-state index contributed by atoms with van der Waals surface area (Å²) in [5.41, 5.74) is 1.06. The molecule has 2 rings (SSSR count). The summed E-state index contributed by atoms with van der Waals surface area (Å²) in [6.07, 6.45) is 8.06. The first kappa shape index (κ1) is 12.6. The van der Waals surface area contributed by atoms with E-state index in [9.17, 15) is 0 Å². The standard InChI is InChI=1S/C13H21N3S/c1-3-7-16-10-11(2)15-13(16)14-9-12-6-4-5-8-17-12/h3,10,12H,1,4-9H2,2H3,(H,14,15). The van der Waals surface area contributed by atoms with E-state index in [0.29, 0.717) is 0 Å². The van der Waals surface area contributed by atoms with Crippen LogP contribution >= 0.6 is 11.8 Å². The van der Waals surface area contributed by atoms with E-state index in [1.54, 1.807) is 0 Å². The maximum Gasteiger partial charge on any atom is 0.203 e. The largest absolute Gasteiger partial charge is 0.355 e. The molecule has 0 saturated carbocycles. The summed E-state index contributed by atoms with van der Waals surface area (Å²) >= 11 is 2.09. The number of thioether (sulfide) groups is 1. The first-order chi connectivity index (χ1) is 8.29. The van der Waals surface area contributed by atoms with Crippen LogP contribution in [0.1, 0.15) is 25.0 Å². The van der Waals surface area contributed by atoms with Crippen molar-refractivity contribution in [3.8, 4) is 0 Å². The maximum absolute atomic E-state index is 4.51. The molecule has 1 atom stereocenters. The lowest BCUT2D eigenvalue weighted by molar-refractivity contribution is 0.673. The molecule has 0 spiro atoms. The van der Waals surface area contributed by atoms with Crippen LogP contribution in [0.2, 0.25) is 0 Å². The lowest BCUT2D eigenvalue weighted by Gasteiger charge is -2.21. The molecule has 0 amide bonds. The summed E-state index contributed by atoms with van der Waals surface area (Å²) in [7, 11) is 0. The molecular weight excluding hydrogens is 230 g/mol. The Balaban J connectivity index is 1.90. The highest BCUT2D eigenvalue weighted by molar-refractivity contribution is 7.99. The monoisotopic (exact) mass is 251 g/mol. The topological polar surface area (TPSA) is 29.9 Å². The Bertz CT molecular complexity index is 367. The second-order valence-corrected chi connectivity index (χ2v) is 5.92. The average molecular weight is 251 g/mol. The Kier molecular flexibility index (Phi) is 4.54. The molecule has 17 heavy (non-hydrogen) atoms. The number of nitrogens with zero attached hydrogens (tertiary/aromatic N) is 2. The first-order valence-corrected chi connectivity index (χ1v) is 7.34. The van der Waals surface area contributed by atoms with Crippen LogP contribution in [0, 0.1) is 6.92 Å². The molecule has 0 radical (unpaired) electrons. The Morgan fingerprint density at radius 2 is 2.53 bits per heavy atom. The Labute approximate surface area is 108 Å². The summed E-state index contributed by atoms with van der Waals surface area (Å²) in [4.78, 5) is 4.51. The highest BCUT2D eigenvalue weighted by Crippen LogP contribution is 2.25. The highest BCUT2D eigenvalue weighted by atomic mass is 32.2. The summed E-state index contributed by atoms with van der Waals surface area (Å²) in [6, 6.07) is 0. The van der Waals surface area contributed by atoms with Crippen LogP contribution in [0.15, 0.2) is 18.9 Å². The molecule has 1 aromatic rings. The lowest BCUT2D eigenvalue weighted by Crippen LogP contribution is -2.21. The molecule has 0 aromatic carbocycles. The number of nitrogens with one attached hydrogen (secondary N) is 1. The van der Waals surface area contributed by atoms with Crippen molar-refractivity contribution in [1.82, 2.24) is 9.55 Å². The normalized spacial score (nSPS) is 20.2. The Morgan fingerprint density at radius 3 is 3.24 bits per heavy atom. The third kappa shape index (κ3) is 3.53. The van der Waals surface area contributed by atoms with Gasteiger partial charge in [0.2, 0.25) is 5.95 Å². The van der Waals surface area contributed by atoms with Gasteiger partial charge >= 0.3 is 0 Å². The van der Waals surface area contributed by atoms with E-state index < -0.39 is 0 Å². The highest BCUT2D eigenvalue weighted by Gasteiger charge is 2.14. The van der Waals surface area contributed by atoms with Gasteiger partial charge in [-0.25, -0.2) is 4.98 Å². The predicted molar refractivity (Wildman–Crippen MR) is 75.7 cm³/mol. The number of anilines is 1. The molecule has 1 aromatic heterocycles. The minimum absolute atomic E-state index is 0.748. The zero-order valence-corrected chi connectivity index (χ0v) is 11.3. The van der Waals surface area contributed by atoms with Gasteiger partial charge < -0.3 is 9.88 Å². The maximum atomic E-state index is 4.51. The Morgan fingerprint density at radius 1 is 1.65 bits per heavy atom. The van der Waals surface area contributed by atoms with Crippen molar-refractivity contribution in [2.45, 2.75) is 38.0 Å². The second-order valence-electron chi connectivity index (χ2n) is 4.52. The van der Waals surface area contributed by atoms with E-state index in [-0.39, 0.29) is 0 Å². The third-order valence-electron chi connectivity index (χ3n) is 2.98. The molecule has 0 aliphatic carbocycles. The smallest absolute Gasteiger partial charge is 0.203 e. The molecule has 94 valence electrons. The lowest BCUT2D eigenvalue weighted by atomic mass is 10.2. The van der Waals surface area contributed by atoms with Gasteiger partial charge in [0.25, 0.3) is 0 Å². The van der Waals surface area contributed by atoms with Gasteiger partial charge in [0.15, 0.2) is 0 Å². The van der Waals surface area contributed by atoms with Crippen LogP contribution in [0.5, 0.6) is 0 Å². The predicted octanol–water partition coefficient (Wildman–Crippen LogP) is 3.08. The van der Waals surface area contributed by atoms with Gasteiger partial charge in [0.05, 0.1) is 5.69 Å². The van der Waals surface area contributed by atoms with Crippen molar-refractivity contribution in [2.75, 3.05) is 17.6 Å². The molecule has 1 saturated heterocycles. The fraction of sp³-hybridized carbons (Fsp3) is 0.615. The van der Waals surface area contributed by atoms with Gasteiger partial charge in [-0.05, 0) is 25.5 Å². The molecule has 2 heterocycles.